The first-order chi connectivity index (χ1) is 14.5. The summed E-state index contributed by atoms with van der Waals surface area (Å²) in [5, 5.41) is 36.0. The van der Waals surface area contributed by atoms with E-state index in [1.165, 1.54) is 0 Å². The molecule has 11 nitrogen and oxygen atoms in total. The standard InChI is InChI=1S/C20H19N5O6/c1-21(2)15-7-5-6-13-14(8-9-16(19(13)15)22(3)4)20-17(24(28)29)10-12(23(26)27)11-18(20)25(30)31/h5-11H,1-4H3. The summed E-state index contributed by atoms with van der Waals surface area (Å²) in [5.74, 6) is 0. The van der Waals surface area contributed by atoms with Gasteiger partial charge in [0, 0.05) is 50.5 Å². The van der Waals surface area contributed by atoms with Crippen LogP contribution in [0.4, 0.5) is 28.4 Å². The minimum atomic E-state index is -0.888. The van der Waals surface area contributed by atoms with Crippen molar-refractivity contribution in [3.8, 4) is 11.1 Å². The van der Waals surface area contributed by atoms with Crippen molar-refractivity contribution in [3.63, 3.8) is 0 Å². The Kier molecular flexibility index (Phi) is 5.43. The highest BCUT2D eigenvalue weighted by Crippen LogP contribution is 2.46. The highest BCUT2D eigenvalue weighted by Gasteiger charge is 2.32. The molecule has 0 fully saturated rings. The van der Waals surface area contributed by atoms with Crippen molar-refractivity contribution < 1.29 is 14.8 Å². The van der Waals surface area contributed by atoms with Crippen LogP contribution in [-0.4, -0.2) is 43.0 Å². The molecule has 0 aliphatic rings. The van der Waals surface area contributed by atoms with Crippen molar-refractivity contribution >= 4 is 39.2 Å². The number of non-ortho nitro benzene ring substituents is 1. The molecule has 0 aliphatic carbocycles. The third-order valence-electron chi connectivity index (χ3n) is 4.92. The zero-order valence-corrected chi connectivity index (χ0v) is 17.2. The Morgan fingerprint density at radius 2 is 1.23 bits per heavy atom. The van der Waals surface area contributed by atoms with Gasteiger partial charge in [0.05, 0.1) is 26.9 Å². The zero-order valence-electron chi connectivity index (χ0n) is 17.2. The van der Waals surface area contributed by atoms with Crippen molar-refractivity contribution in [2.24, 2.45) is 0 Å². The van der Waals surface area contributed by atoms with Crippen LogP contribution in [0.25, 0.3) is 21.9 Å². The molecule has 0 atom stereocenters. The lowest BCUT2D eigenvalue weighted by molar-refractivity contribution is -0.402. The average molecular weight is 425 g/mol. The topological polar surface area (TPSA) is 136 Å². The molecule has 160 valence electrons. The van der Waals surface area contributed by atoms with E-state index in [2.05, 4.69) is 0 Å². The predicted molar refractivity (Wildman–Crippen MR) is 118 cm³/mol. The third kappa shape index (κ3) is 3.68. The molecule has 3 aromatic carbocycles. The van der Waals surface area contributed by atoms with Gasteiger partial charge < -0.3 is 9.80 Å². The number of nitro groups is 3. The molecule has 3 rings (SSSR count). The molecule has 31 heavy (non-hydrogen) atoms. The second-order valence-electron chi connectivity index (χ2n) is 7.25. The molecule has 0 N–H and O–H groups in total. The lowest BCUT2D eigenvalue weighted by Gasteiger charge is -2.23. The van der Waals surface area contributed by atoms with Gasteiger partial charge in [-0.25, -0.2) is 0 Å². The Balaban J connectivity index is 2.55. The number of rotatable bonds is 6. The number of anilines is 2. The monoisotopic (exact) mass is 425 g/mol. The van der Waals surface area contributed by atoms with Crippen LogP contribution in [0.5, 0.6) is 0 Å². The van der Waals surface area contributed by atoms with E-state index >= 15 is 0 Å². The summed E-state index contributed by atoms with van der Waals surface area (Å²) in [6.07, 6.45) is 0. The van der Waals surface area contributed by atoms with Crippen LogP contribution < -0.4 is 9.80 Å². The number of fused-ring (bicyclic) bond motifs is 1. The van der Waals surface area contributed by atoms with Crippen LogP contribution in [0.3, 0.4) is 0 Å². The molecule has 0 aromatic heterocycles. The van der Waals surface area contributed by atoms with Crippen molar-refractivity contribution in [1.29, 1.82) is 0 Å². The highest BCUT2D eigenvalue weighted by molar-refractivity contribution is 6.12. The molecular weight excluding hydrogens is 406 g/mol. The van der Waals surface area contributed by atoms with Crippen molar-refractivity contribution in [3.05, 3.63) is 72.8 Å². The maximum absolute atomic E-state index is 11.8. The summed E-state index contributed by atoms with van der Waals surface area (Å²) < 4.78 is 0. The normalized spacial score (nSPS) is 10.7. The van der Waals surface area contributed by atoms with Gasteiger partial charge in [-0.2, -0.15) is 0 Å². The van der Waals surface area contributed by atoms with Gasteiger partial charge in [-0.3, -0.25) is 30.3 Å². The van der Waals surface area contributed by atoms with Gasteiger partial charge in [0.2, 0.25) is 0 Å². The Labute approximate surface area is 176 Å². The van der Waals surface area contributed by atoms with E-state index in [-0.39, 0.29) is 11.1 Å². The van der Waals surface area contributed by atoms with Gasteiger partial charge in [-0.1, -0.05) is 18.2 Å². The fourth-order valence-corrected chi connectivity index (χ4v) is 3.60. The fraction of sp³-hybridized carbons (Fsp3) is 0.200. The largest absolute Gasteiger partial charge is 0.377 e. The molecule has 0 aliphatic heterocycles. The molecule has 11 heteroatoms. The molecule has 0 spiro atoms. The Hall–Kier alpha value is -4.28. The summed E-state index contributed by atoms with van der Waals surface area (Å²) >= 11 is 0. The van der Waals surface area contributed by atoms with Crippen molar-refractivity contribution in [1.82, 2.24) is 0 Å². The Morgan fingerprint density at radius 1 is 0.710 bits per heavy atom. The SMILES string of the molecule is CN(C)c1cccc2c(-c3c([N+](=O)[O-])cc([N+](=O)[O-])cc3[N+](=O)[O-])ccc(N(C)C)c12. The average Bonchev–Trinajstić information content (AvgIpc) is 2.70. The van der Waals surface area contributed by atoms with Gasteiger partial charge in [-0.05, 0) is 17.5 Å². The van der Waals surface area contributed by atoms with Crippen LogP contribution in [0, 0.1) is 30.3 Å². The van der Waals surface area contributed by atoms with Gasteiger partial charge in [0.1, 0.15) is 5.56 Å². The smallest absolute Gasteiger partial charge is 0.291 e. The van der Waals surface area contributed by atoms with E-state index in [0.717, 1.165) is 28.9 Å². The van der Waals surface area contributed by atoms with Crippen molar-refractivity contribution in [2.75, 3.05) is 38.0 Å². The summed E-state index contributed by atoms with van der Waals surface area (Å²) in [6.45, 7) is 0. The Morgan fingerprint density at radius 3 is 1.68 bits per heavy atom. The number of hydrogen-bond donors (Lipinski definition) is 0. The molecule has 0 amide bonds. The second-order valence-corrected chi connectivity index (χ2v) is 7.25. The summed E-state index contributed by atoms with van der Waals surface area (Å²) in [7, 11) is 7.38. The molecule has 3 aromatic rings. The van der Waals surface area contributed by atoms with E-state index in [4.69, 9.17) is 0 Å². The first kappa shape index (κ1) is 21.4. The lowest BCUT2D eigenvalue weighted by Crippen LogP contribution is -2.13. The van der Waals surface area contributed by atoms with Crippen LogP contribution >= 0.6 is 0 Å². The quantitative estimate of drug-likeness (QED) is 0.420. The number of benzene rings is 3. The van der Waals surface area contributed by atoms with Crippen LogP contribution in [0.15, 0.2) is 42.5 Å². The van der Waals surface area contributed by atoms with Gasteiger partial charge in [0.15, 0.2) is 0 Å². The molecule has 0 saturated carbocycles. The van der Waals surface area contributed by atoms with E-state index in [1.54, 1.807) is 24.3 Å². The van der Waals surface area contributed by atoms with Crippen LogP contribution in [0.1, 0.15) is 0 Å². The molecule has 0 heterocycles. The fourth-order valence-electron chi connectivity index (χ4n) is 3.60. The summed E-state index contributed by atoms with van der Waals surface area (Å²) in [4.78, 5) is 35.9. The zero-order chi connectivity index (χ0) is 23.0. The minimum Gasteiger partial charge on any atom is -0.377 e. The second kappa shape index (κ2) is 7.86. The molecule has 0 bridgehead atoms. The van der Waals surface area contributed by atoms with Crippen LogP contribution in [-0.2, 0) is 0 Å². The summed E-state index contributed by atoms with van der Waals surface area (Å²) in [6, 6.07) is 10.1. The minimum absolute atomic E-state index is 0.248. The van der Waals surface area contributed by atoms with Crippen LogP contribution in [0.2, 0.25) is 0 Å². The number of nitro benzene ring substituents is 3. The first-order valence-electron chi connectivity index (χ1n) is 9.06. The maximum atomic E-state index is 11.8. The third-order valence-corrected chi connectivity index (χ3v) is 4.92. The van der Waals surface area contributed by atoms with Gasteiger partial charge >= 0.3 is 0 Å². The van der Waals surface area contributed by atoms with E-state index in [9.17, 15) is 30.3 Å². The van der Waals surface area contributed by atoms with E-state index < -0.39 is 31.8 Å². The predicted octanol–water partition coefficient (Wildman–Crippen LogP) is 4.36. The lowest BCUT2D eigenvalue weighted by atomic mass is 9.93. The first-order valence-corrected chi connectivity index (χ1v) is 9.06. The molecular formula is C20H19N5O6. The maximum Gasteiger partial charge on any atom is 0.291 e. The summed E-state index contributed by atoms with van der Waals surface area (Å²) in [5.41, 5.74) is -0.509. The number of nitrogens with zero attached hydrogens (tertiary/aromatic N) is 5. The van der Waals surface area contributed by atoms with Gasteiger partial charge in [-0.15, -0.1) is 0 Å². The molecule has 0 saturated heterocycles. The van der Waals surface area contributed by atoms with Crippen molar-refractivity contribution in [2.45, 2.75) is 0 Å². The number of hydrogen-bond acceptors (Lipinski definition) is 8. The van der Waals surface area contributed by atoms with E-state index in [1.807, 2.05) is 44.1 Å². The highest BCUT2D eigenvalue weighted by atomic mass is 16.6. The van der Waals surface area contributed by atoms with E-state index in [0.29, 0.717) is 5.39 Å². The van der Waals surface area contributed by atoms with Gasteiger partial charge in [0.25, 0.3) is 17.1 Å². The molecule has 0 radical (unpaired) electrons. The molecule has 0 unspecified atom stereocenters. The Bertz CT molecular complexity index is 1190.